The fourth-order valence-electron chi connectivity index (χ4n) is 8.21. The van der Waals surface area contributed by atoms with Crippen LogP contribution in [0.1, 0.15) is 0 Å². The van der Waals surface area contributed by atoms with Gasteiger partial charge in [0, 0.05) is 21.3 Å². The lowest BCUT2D eigenvalue weighted by Gasteiger charge is -2.27. The molecule has 234 valence electrons. The number of benzene rings is 10. The molecule has 0 aliphatic heterocycles. The van der Waals surface area contributed by atoms with E-state index in [2.05, 4.69) is 188 Å². The lowest BCUT2D eigenvalue weighted by atomic mass is 9.86. The summed E-state index contributed by atoms with van der Waals surface area (Å²) in [6, 6.07) is 66.3. The maximum Gasteiger partial charge on any atom is 0.172 e. The summed E-state index contributed by atoms with van der Waals surface area (Å²) in [6.07, 6.45) is 0. The fourth-order valence-corrected chi connectivity index (χ4v) is 11.3. The molecule has 0 aliphatic rings. The molecule has 1 nitrogen and oxygen atoms in total. The molecule has 2 heteroatoms. The summed E-state index contributed by atoms with van der Waals surface area (Å²) in [5, 5.41) is 15.9. The fraction of sp³-hybridized carbons (Fsp3) is 0. The number of hydrogen-bond acceptors (Lipinski definition) is 1. The van der Waals surface area contributed by atoms with E-state index >= 15 is 4.57 Å². The highest BCUT2D eigenvalue weighted by Crippen LogP contribution is 2.52. The van der Waals surface area contributed by atoms with Gasteiger partial charge in [-0.2, -0.15) is 0 Å². The molecule has 0 fully saturated rings. The van der Waals surface area contributed by atoms with Gasteiger partial charge in [-0.05, 0) is 82.5 Å². The van der Waals surface area contributed by atoms with Gasteiger partial charge in [-0.1, -0.05) is 176 Å². The van der Waals surface area contributed by atoms with Gasteiger partial charge in [0.05, 0.1) is 0 Å². The number of hydrogen-bond donors (Lipinski definition) is 0. The Hall–Kier alpha value is -6.01. The number of fused-ring (bicyclic) bond motifs is 9. The SMILES string of the molecule is O=P(c1ccc2ccccc2c1)(c1ccc2ccccc2c1)c1c2ccccc2c(-c2ccccc2)c2c3ccccc3c3ccccc3c12. The third-order valence-corrected chi connectivity index (χ3v) is 13.5. The van der Waals surface area contributed by atoms with Crippen molar-refractivity contribution in [3.05, 3.63) is 188 Å². The van der Waals surface area contributed by atoms with Crippen LogP contribution in [0.15, 0.2) is 188 Å². The van der Waals surface area contributed by atoms with Crippen LogP contribution in [0, 0.1) is 0 Å². The van der Waals surface area contributed by atoms with Crippen molar-refractivity contribution < 1.29 is 4.57 Å². The molecular weight excluding hydrogens is 624 g/mol. The van der Waals surface area contributed by atoms with E-state index in [0.29, 0.717) is 0 Å². The molecule has 0 N–H and O–H groups in total. The molecule has 0 aliphatic carbocycles. The third-order valence-electron chi connectivity index (χ3n) is 10.4. The molecule has 0 radical (unpaired) electrons. The maximum atomic E-state index is 17.2. The van der Waals surface area contributed by atoms with Gasteiger partial charge in [-0.25, -0.2) is 0 Å². The highest BCUT2D eigenvalue weighted by molar-refractivity contribution is 7.86. The molecule has 0 saturated carbocycles. The number of rotatable bonds is 4. The van der Waals surface area contributed by atoms with Crippen molar-refractivity contribution in [1.82, 2.24) is 0 Å². The van der Waals surface area contributed by atoms with Crippen LogP contribution in [-0.2, 0) is 4.57 Å². The van der Waals surface area contributed by atoms with Crippen LogP contribution in [0.3, 0.4) is 0 Å². The minimum absolute atomic E-state index is 0.836. The Morgan fingerprint density at radius 1 is 0.320 bits per heavy atom. The molecule has 0 atom stereocenters. The van der Waals surface area contributed by atoms with Crippen LogP contribution in [-0.4, -0.2) is 0 Å². The Morgan fingerprint density at radius 2 is 0.740 bits per heavy atom. The molecule has 0 bridgehead atoms. The van der Waals surface area contributed by atoms with Crippen LogP contribution in [0.2, 0.25) is 0 Å². The van der Waals surface area contributed by atoms with Gasteiger partial charge in [-0.15, -0.1) is 0 Å². The summed E-state index contributed by atoms with van der Waals surface area (Å²) < 4.78 is 17.2. The van der Waals surface area contributed by atoms with Crippen molar-refractivity contribution in [2.45, 2.75) is 0 Å². The summed E-state index contributed by atoms with van der Waals surface area (Å²) in [6.45, 7) is 0. The quantitative estimate of drug-likeness (QED) is 0.105. The monoisotopic (exact) mass is 654 g/mol. The second-order valence-electron chi connectivity index (χ2n) is 13.1. The molecule has 0 unspecified atom stereocenters. The second-order valence-corrected chi connectivity index (χ2v) is 15.8. The van der Waals surface area contributed by atoms with Gasteiger partial charge >= 0.3 is 0 Å². The first-order valence-corrected chi connectivity index (χ1v) is 18.8. The van der Waals surface area contributed by atoms with E-state index in [9.17, 15) is 0 Å². The Bertz CT molecular complexity index is 2930. The van der Waals surface area contributed by atoms with E-state index in [1.807, 2.05) is 0 Å². The van der Waals surface area contributed by atoms with Crippen molar-refractivity contribution in [1.29, 1.82) is 0 Å². The summed E-state index contributed by atoms with van der Waals surface area (Å²) in [5.74, 6) is 0. The zero-order valence-electron chi connectivity index (χ0n) is 27.3. The van der Waals surface area contributed by atoms with E-state index in [4.69, 9.17) is 0 Å². The van der Waals surface area contributed by atoms with Crippen LogP contribution < -0.4 is 15.9 Å². The topological polar surface area (TPSA) is 17.1 Å². The second kappa shape index (κ2) is 11.3. The molecule has 10 aromatic carbocycles. The van der Waals surface area contributed by atoms with Gasteiger partial charge in [0.15, 0.2) is 7.14 Å². The molecule has 0 amide bonds. The molecule has 10 aromatic rings. The van der Waals surface area contributed by atoms with Crippen molar-refractivity contribution in [2.24, 2.45) is 0 Å². The van der Waals surface area contributed by atoms with Gasteiger partial charge in [0.1, 0.15) is 0 Å². The largest absolute Gasteiger partial charge is 0.309 e. The molecule has 0 saturated heterocycles. The Kier molecular flexibility index (Phi) is 6.53. The smallest absolute Gasteiger partial charge is 0.172 e. The molecule has 0 aromatic heterocycles. The summed E-state index contributed by atoms with van der Waals surface area (Å²) in [4.78, 5) is 0. The highest BCUT2D eigenvalue weighted by Gasteiger charge is 2.36. The maximum absolute atomic E-state index is 17.2. The van der Waals surface area contributed by atoms with Gasteiger partial charge < -0.3 is 4.57 Å². The van der Waals surface area contributed by atoms with E-state index in [0.717, 1.165) is 80.7 Å². The Labute approximate surface area is 290 Å². The summed E-state index contributed by atoms with van der Waals surface area (Å²) in [7, 11) is -3.57. The Balaban J connectivity index is 1.50. The predicted octanol–water partition coefficient (Wildman–Crippen LogP) is 11.9. The minimum Gasteiger partial charge on any atom is -0.309 e. The lowest BCUT2D eigenvalue weighted by molar-refractivity contribution is 0.593. The first kappa shape index (κ1) is 29.0. The normalized spacial score (nSPS) is 12.1. The summed E-state index contributed by atoms with van der Waals surface area (Å²) >= 11 is 0. The highest BCUT2D eigenvalue weighted by atomic mass is 31.2. The van der Waals surface area contributed by atoms with Crippen LogP contribution in [0.25, 0.3) is 75.8 Å². The standard InChI is InChI=1S/C48H31OP/c49-50(37-28-26-32-14-4-6-18-35(32)30-37,38-29-27-33-15-5-7-19-36(33)31-38)48-44-25-13-12-24-43(44)45(34-16-2-1-3-17-34)46-41-22-10-8-20-39(41)40-21-9-11-23-42(40)47(46)48/h1-31H. The lowest BCUT2D eigenvalue weighted by Crippen LogP contribution is -2.27. The van der Waals surface area contributed by atoms with Crippen LogP contribution in [0.4, 0.5) is 0 Å². The van der Waals surface area contributed by atoms with Crippen molar-refractivity contribution in [3.8, 4) is 11.1 Å². The van der Waals surface area contributed by atoms with Crippen LogP contribution >= 0.6 is 7.14 Å². The van der Waals surface area contributed by atoms with E-state index in [-0.39, 0.29) is 0 Å². The van der Waals surface area contributed by atoms with Gasteiger partial charge in [0.25, 0.3) is 0 Å². The van der Waals surface area contributed by atoms with Gasteiger partial charge in [-0.3, -0.25) is 0 Å². The zero-order valence-corrected chi connectivity index (χ0v) is 28.1. The summed E-state index contributed by atoms with van der Waals surface area (Å²) in [5.41, 5.74) is 2.32. The van der Waals surface area contributed by atoms with Crippen LogP contribution in [0.5, 0.6) is 0 Å². The average molecular weight is 655 g/mol. The molecule has 10 rings (SSSR count). The molecular formula is C48H31OP. The first-order valence-electron chi connectivity index (χ1n) is 17.1. The third kappa shape index (κ3) is 4.24. The Morgan fingerprint density at radius 3 is 1.30 bits per heavy atom. The average Bonchev–Trinajstić information content (AvgIpc) is 3.19. The van der Waals surface area contributed by atoms with Crippen molar-refractivity contribution in [3.63, 3.8) is 0 Å². The molecule has 50 heavy (non-hydrogen) atoms. The van der Waals surface area contributed by atoms with E-state index < -0.39 is 7.14 Å². The van der Waals surface area contributed by atoms with Gasteiger partial charge in [0.2, 0.25) is 0 Å². The van der Waals surface area contributed by atoms with E-state index in [1.54, 1.807) is 0 Å². The molecule has 0 spiro atoms. The van der Waals surface area contributed by atoms with E-state index in [1.165, 1.54) is 10.9 Å². The predicted molar refractivity (Wildman–Crippen MR) is 216 cm³/mol. The minimum atomic E-state index is -3.57. The molecule has 0 heterocycles. The van der Waals surface area contributed by atoms with Crippen molar-refractivity contribution >= 4 is 87.7 Å². The van der Waals surface area contributed by atoms with Crippen molar-refractivity contribution in [2.75, 3.05) is 0 Å². The first-order chi connectivity index (χ1) is 24.7. The zero-order chi connectivity index (χ0) is 33.2.